The van der Waals surface area contributed by atoms with Crippen molar-refractivity contribution in [3.05, 3.63) is 35.9 Å². The summed E-state index contributed by atoms with van der Waals surface area (Å²) in [5, 5.41) is 31.4. The smallest absolute Gasteiger partial charge is 0.164 e. The fourth-order valence-corrected chi connectivity index (χ4v) is 3.67. The summed E-state index contributed by atoms with van der Waals surface area (Å²) in [6.45, 7) is -0.453. The molecule has 0 aliphatic carbocycles. The van der Waals surface area contributed by atoms with Gasteiger partial charge in [-0.2, -0.15) is 0 Å². The Hall–Kier alpha value is -1.91. The molecule has 0 saturated carbocycles. The van der Waals surface area contributed by atoms with Crippen LogP contribution < -0.4 is 0 Å². The lowest BCUT2D eigenvalue weighted by molar-refractivity contribution is -0.0510. The van der Waals surface area contributed by atoms with E-state index in [9.17, 15) is 19.7 Å². The Morgan fingerprint density at radius 2 is 2.12 bits per heavy atom. The molecule has 0 bridgehead atoms. The van der Waals surface area contributed by atoms with Crippen molar-refractivity contribution in [2.24, 2.45) is 0 Å². The van der Waals surface area contributed by atoms with E-state index < -0.39 is 37.0 Å². The molecule has 1 saturated heterocycles. The third-order valence-corrected chi connectivity index (χ3v) is 4.99. The fourth-order valence-electron chi connectivity index (χ4n) is 2.94. The van der Waals surface area contributed by atoms with Crippen molar-refractivity contribution in [2.45, 2.75) is 24.5 Å². The second kappa shape index (κ2) is 5.87. The van der Waals surface area contributed by atoms with Gasteiger partial charge in [-0.1, -0.05) is 6.07 Å². The van der Waals surface area contributed by atoms with Crippen LogP contribution in [-0.4, -0.2) is 54.8 Å². The predicted octanol–water partition coefficient (Wildman–Crippen LogP) is 0.910. The average molecular weight is 351 g/mol. The molecule has 0 spiro atoms. The van der Waals surface area contributed by atoms with Crippen molar-refractivity contribution < 1.29 is 24.4 Å². The van der Waals surface area contributed by atoms with Crippen LogP contribution in [0.25, 0.3) is 21.6 Å². The van der Waals surface area contributed by atoms with E-state index in [2.05, 4.69) is 9.97 Å². The third-order valence-electron chi connectivity index (χ3n) is 4.11. The van der Waals surface area contributed by atoms with Gasteiger partial charge in [0.15, 0.2) is 12.0 Å². The highest BCUT2D eigenvalue weighted by Gasteiger charge is 2.44. The van der Waals surface area contributed by atoms with E-state index in [0.717, 1.165) is 11.1 Å². The summed E-state index contributed by atoms with van der Waals surface area (Å²) in [5.74, 6) is -0.549. The van der Waals surface area contributed by atoms with Gasteiger partial charge in [0, 0.05) is 6.20 Å². The molecule has 1 unspecified atom stereocenters. The molecule has 1 aliphatic heterocycles. The number of aliphatic hydroxyl groups excluding tert-OH is 3. The van der Waals surface area contributed by atoms with Gasteiger partial charge in [-0.3, -0.25) is 0 Å². The van der Waals surface area contributed by atoms with Crippen LogP contribution in [0.4, 0.5) is 4.39 Å². The second-order valence-electron chi connectivity index (χ2n) is 5.51. The van der Waals surface area contributed by atoms with Crippen LogP contribution in [0.1, 0.15) is 6.23 Å². The zero-order chi connectivity index (χ0) is 16.8. The molecule has 3 aromatic heterocycles. The Balaban J connectivity index is 1.86. The molecule has 0 amide bonds. The number of fused-ring (bicyclic) bond motifs is 1. The summed E-state index contributed by atoms with van der Waals surface area (Å²) in [4.78, 5) is 9.07. The highest BCUT2D eigenvalue weighted by atomic mass is 32.1. The van der Waals surface area contributed by atoms with Crippen LogP contribution in [0, 0.1) is 5.82 Å². The minimum atomic E-state index is -1.31. The zero-order valence-electron chi connectivity index (χ0n) is 12.3. The largest absolute Gasteiger partial charge is 0.394 e. The Morgan fingerprint density at radius 3 is 2.79 bits per heavy atom. The normalized spacial score (nSPS) is 27.2. The molecule has 0 radical (unpaired) electrons. The van der Waals surface area contributed by atoms with Crippen molar-refractivity contribution in [1.82, 2.24) is 14.5 Å². The summed E-state index contributed by atoms with van der Waals surface area (Å²) in [5.41, 5.74) is 0.707. The van der Waals surface area contributed by atoms with Crippen LogP contribution in [-0.2, 0) is 4.74 Å². The van der Waals surface area contributed by atoms with Gasteiger partial charge >= 0.3 is 0 Å². The molecule has 0 aromatic carbocycles. The number of halogens is 1. The summed E-state index contributed by atoms with van der Waals surface area (Å²) in [6, 6.07) is 3.67. The maximum atomic E-state index is 14.6. The monoisotopic (exact) mass is 351 g/mol. The molecular weight excluding hydrogens is 337 g/mol. The van der Waals surface area contributed by atoms with E-state index >= 15 is 0 Å². The van der Waals surface area contributed by atoms with Gasteiger partial charge in [-0.05, 0) is 11.4 Å². The summed E-state index contributed by atoms with van der Waals surface area (Å²) in [6.07, 6.45) is -2.08. The zero-order valence-corrected chi connectivity index (χ0v) is 13.1. The molecule has 126 valence electrons. The number of hydrogen-bond acceptors (Lipinski definition) is 7. The molecule has 4 heterocycles. The number of ether oxygens (including phenoxy) is 1. The molecule has 4 rings (SSSR count). The highest BCUT2D eigenvalue weighted by molar-refractivity contribution is 7.13. The lowest BCUT2D eigenvalue weighted by Gasteiger charge is -2.17. The van der Waals surface area contributed by atoms with E-state index in [1.165, 1.54) is 22.2 Å². The van der Waals surface area contributed by atoms with Gasteiger partial charge in [0.1, 0.15) is 30.3 Å². The Morgan fingerprint density at radius 1 is 1.29 bits per heavy atom. The lowest BCUT2D eigenvalue weighted by Crippen LogP contribution is -2.33. The number of aliphatic hydroxyl groups is 3. The lowest BCUT2D eigenvalue weighted by atomic mass is 10.1. The summed E-state index contributed by atoms with van der Waals surface area (Å²) < 4.78 is 21.4. The average Bonchev–Trinajstić information content (AvgIpc) is 3.29. The van der Waals surface area contributed by atoms with Gasteiger partial charge < -0.3 is 24.6 Å². The quantitative estimate of drug-likeness (QED) is 0.649. The molecule has 3 N–H and O–H groups in total. The molecule has 1 fully saturated rings. The van der Waals surface area contributed by atoms with Gasteiger partial charge in [0.2, 0.25) is 0 Å². The van der Waals surface area contributed by atoms with Crippen LogP contribution >= 0.6 is 11.3 Å². The van der Waals surface area contributed by atoms with Crippen LogP contribution in [0.5, 0.6) is 0 Å². The number of hydrogen-bond donors (Lipinski definition) is 3. The van der Waals surface area contributed by atoms with Crippen molar-refractivity contribution in [2.75, 3.05) is 6.61 Å². The number of rotatable bonds is 3. The standard InChI is InChI=1S/C15H14FN3O4S/c16-7-4-19(15-13(22)12(21)8(5-20)23-15)14-10(7)11(17-6-18-14)9-2-1-3-24-9/h1-4,6,8,12-13,15,20-22H,5H2/t8-,12?,13-,15-/m1/s1. The first kappa shape index (κ1) is 15.6. The molecule has 1 aliphatic rings. The number of aromatic nitrogens is 3. The number of nitrogens with zero attached hydrogens (tertiary/aromatic N) is 3. The maximum Gasteiger partial charge on any atom is 0.164 e. The second-order valence-corrected chi connectivity index (χ2v) is 6.46. The van der Waals surface area contributed by atoms with E-state index in [1.807, 2.05) is 17.5 Å². The van der Waals surface area contributed by atoms with E-state index in [1.54, 1.807) is 0 Å². The minimum Gasteiger partial charge on any atom is -0.394 e. The summed E-state index contributed by atoms with van der Waals surface area (Å²) >= 11 is 1.43. The van der Waals surface area contributed by atoms with Crippen molar-refractivity contribution in [1.29, 1.82) is 0 Å². The third kappa shape index (κ3) is 2.25. The Labute approximate surface area is 139 Å². The van der Waals surface area contributed by atoms with Crippen molar-refractivity contribution in [3.8, 4) is 10.6 Å². The molecule has 3 aromatic rings. The highest BCUT2D eigenvalue weighted by Crippen LogP contribution is 2.36. The predicted molar refractivity (Wildman–Crippen MR) is 83.8 cm³/mol. The van der Waals surface area contributed by atoms with Crippen LogP contribution in [0.2, 0.25) is 0 Å². The van der Waals surface area contributed by atoms with Gasteiger partial charge in [-0.25, -0.2) is 14.4 Å². The van der Waals surface area contributed by atoms with Gasteiger partial charge in [0.05, 0.1) is 22.6 Å². The molecule has 24 heavy (non-hydrogen) atoms. The first-order chi connectivity index (χ1) is 11.6. The maximum absolute atomic E-state index is 14.6. The Bertz CT molecular complexity index is 869. The van der Waals surface area contributed by atoms with E-state index in [0.29, 0.717) is 5.69 Å². The SMILES string of the molecule is OC[C@H]1O[C@@H](n2cc(F)c3c(-c4cccs4)ncnc32)[C@H](O)C1O. The van der Waals surface area contributed by atoms with E-state index in [-0.39, 0.29) is 11.0 Å². The van der Waals surface area contributed by atoms with Gasteiger partial charge in [-0.15, -0.1) is 11.3 Å². The molecule has 9 heteroatoms. The molecule has 4 atom stereocenters. The minimum absolute atomic E-state index is 0.220. The first-order valence-corrected chi connectivity index (χ1v) is 8.17. The van der Waals surface area contributed by atoms with Gasteiger partial charge in [0.25, 0.3) is 0 Å². The van der Waals surface area contributed by atoms with Crippen molar-refractivity contribution >= 4 is 22.4 Å². The molecular formula is C15H14FN3O4S. The van der Waals surface area contributed by atoms with Crippen LogP contribution in [0.3, 0.4) is 0 Å². The summed E-state index contributed by atoms with van der Waals surface area (Å²) in [7, 11) is 0. The molecule has 7 nitrogen and oxygen atoms in total. The topological polar surface area (TPSA) is 101 Å². The van der Waals surface area contributed by atoms with Crippen molar-refractivity contribution in [3.63, 3.8) is 0 Å². The Kier molecular flexibility index (Phi) is 3.82. The van der Waals surface area contributed by atoms with Crippen LogP contribution in [0.15, 0.2) is 30.0 Å². The first-order valence-electron chi connectivity index (χ1n) is 7.29. The fraction of sp³-hybridized carbons (Fsp3) is 0.333. The van der Waals surface area contributed by atoms with E-state index in [4.69, 9.17) is 4.74 Å². The number of thiophene rings is 1.